The monoisotopic (exact) mass is 240 g/mol. The number of nitrogens with zero attached hydrogens (tertiary/aromatic N) is 1. The molecule has 1 aromatic heterocycles. The lowest BCUT2D eigenvalue weighted by molar-refractivity contribution is 0.554. The van der Waals surface area contributed by atoms with Crippen LogP contribution in [0.4, 0.5) is 0 Å². The third-order valence-corrected chi connectivity index (χ3v) is 2.49. The van der Waals surface area contributed by atoms with Crippen LogP contribution in [-0.2, 0) is 6.54 Å². The zero-order valence-electron chi connectivity index (χ0n) is 7.71. The molecule has 1 N–H and O–H groups in total. The molecule has 0 amide bonds. The van der Waals surface area contributed by atoms with Gasteiger partial charge in [0.1, 0.15) is 0 Å². The van der Waals surface area contributed by atoms with E-state index in [0.717, 1.165) is 13.1 Å². The fourth-order valence-electron chi connectivity index (χ4n) is 0.849. The largest absolute Gasteiger partial charge is 0.312 e. The summed E-state index contributed by atoms with van der Waals surface area (Å²) in [6.45, 7) is 6.29. The van der Waals surface area contributed by atoms with Crippen molar-refractivity contribution in [2.75, 3.05) is 6.54 Å². The molecule has 76 valence electrons. The van der Waals surface area contributed by atoms with Crippen molar-refractivity contribution in [1.29, 1.82) is 0 Å². The summed E-state index contributed by atoms with van der Waals surface area (Å²) in [7, 11) is 0. The van der Waals surface area contributed by atoms with Crippen LogP contribution in [0.15, 0.2) is 6.20 Å². The van der Waals surface area contributed by atoms with E-state index in [1.54, 1.807) is 0 Å². The Bertz CT molecular complexity index is 238. The zero-order valence-corrected chi connectivity index (χ0v) is 10.1. The molecule has 5 heteroatoms. The molecule has 0 atom stereocenters. The quantitative estimate of drug-likeness (QED) is 0.876. The number of hydrogen-bond acceptors (Lipinski definition) is 3. The van der Waals surface area contributed by atoms with Gasteiger partial charge in [-0.2, -0.15) is 0 Å². The maximum absolute atomic E-state index is 5.68. The Morgan fingerprint density at radius 1 is 1.62 bits per heavy atom. The Labute approximate surface area is 94.1 Å². The lowest BCUT2D eigenvalue weighted by Gasteiger charge is -2.04. The first-order chi connectivity index (χ1) is 5.68. The Balaban J connectivity index is 0.00000144. The van der Waals surface area contributed by atoms with Crippen LogP contribution >= 0.6 is 35.3 Å². The molecule has 2 nitrogen and oxygen atoms in total. The third-order valence-electron chi connectivity index (χ3n) is 1.38. The lowest BCUT2D eigenvalue weighted by Crippen LogP contribution is -2.18. The Morgan fingerprint density at radius 3 is 2.77 bits per heavy atom. The van der Waals surface area contributed by atoms with Gasteiger partial charge in [-0.05, 0) is 12.5 Å². The Morgan fingerprint density at radius 2 is 2.31 bits per heavy atom. The molecule has 0 aliphatic rings. The summed E-state index contributed by atoms with van der Waals surface area (Å²) in [6, 6.07) is 0. The molecule has 0 aliphatic carbocycles. The zero-order chi connectivity index (χ0) is 8.97. The van der Waals surface area contributed by atoms with E-state index in [4.69, 9.17) is 11.6 Å². The van der Waals surface area contributed by atoms with E-state index in [-0.39, 0.29) is 12.4 Å². The predicted octanol–water partition coefficient (Wildman–Crippen LogP) is 2.96. The summed E-state index contributed by atoms with van der Waals surface area (Å²) in [5.41, 5.74) is 0. The molecule has 0 unspecified atom stereocenters. The SMILES string of the molecule is CC(C)CNCc1cnc(Cl)s1.Cl. The van der Waals surface area contributed by atoms with Crippen LogP contribution in [0.3, 0.4) is 0 Å². The van der Waals surface area contributed by atoms with Crippen LogP contribution < -0.4 is 5.32 Å². The molecule has 0 aliphatic heterocycles. The highest BCUT2D eigenvalue weighted by atomic mass is 35.5. The maximum atomic E-state index is 5.68. The van der Waals surface area contributed by atoms with E-state index in [1.807, 2.05) is 6.20 Å². The van der Waals surface area contributed by atoms with Crippen molar-refractivity contribution < 1.29 is 0 Å². The van der Waals surface area contributed by atoms with E-state index in [1.165, 1.54) is 16.2 Å². The molecule has 1 rings (SSSR count). The number of nitrogens with one attached hydrogen (secondary N) is 1. The van der Waals surface area contributed by atoms with E-state index in [0.29, 0.717) is 10.4 Å². The van der Waals surface area contributed by atoms with Crippen molar-refractivity contribution in [3.05, 3.63) is 15.5 Å². The van der Waals surface area contributed by atoms with Gasteiger partial charge in [-0.1, -0.05) is 25.4 Å². The lowest BCUT2D eigenvalue weighted by atomic mass is 10.2. The average molecular weight is 241 g/mol. The van der Waals surface area contributed by atoms with Gasteiger partial charge in [-0.25, -0.2) is 4.98 Å². The van der Waals surface area contributed by atoms with Gasteiger partial charge in [-0.3, -0.25) is 0 Å². The highest BCUT2D eigenvalue weighted by molar-refractivity contribution is 7.15. The number of halogens is 2. The molecule has 0 saturated heterocycles. The summed E-state index contributed by atoms with van der Waals surface area (Å²) < 4.78 is 0.622. The molecule has 0 radical (unpaired) electrons. The highest BCUT2D eigenvalue weighted by Crippen LogP contribution is 2.17. The van der Waals surface area contributed by atoms with E-state index in [9.17, 15) is 0 Å². The van der Waals surface area contributed by atoms with Crippen LogP contribution in [0.25, 0.3) is 0 Å². The van der Waals surface area contributed by atoms with Crippen LogP contribution in [0, 0.1) is 5.92 Å². The summed E-state index contributed by atoms with van der Waals surface area (Å²) in [5, 5.41) is 3.33. The molecule has 0 spiro atoms. The van der Waals surface area contributed by atoms with Gasteiger partial charge < -0.3 is 5.32 Å². The fourth-order valence-corrected chi connectivity index (χ4v) is 1.80. The normalized spacial score (nSPS) is 10.2. The molecule has 1 heterocycles. The molecule has 0 bridgehead atoms. The minimum atomic E-state index is 0. The van der Waals surface area contributed by atoms with Crippen LogP contribution in [0.2, 0.25) is 4.47 Å². The first-order valence-corrected chi connectivity index (χ1v) is 5.19. The van der Waals surface area contributed by atoms with E-state index >= 15 is 0 Å². The van der Waals surface area contributed by atoms with Crippen molar-refractivity contribution >= 4 is 35.3 Å². The van der Waals surface area contributed by atoms with Crippen molar-refractivity contribution in [2.45, 2.75) is 20.4 Å². The molecule has 0 aromatic carbocycles. The van der Waals surface area contributed by atoms with E-state index < -0.39 is 0 Å². The summed E-state index contributed by atoms with van der Waals surface area (Å²) in [5.74, 6) is 0.688. The van der Waals surface area contributed by atoms with Gasteiger partial charge in [-0.15, -0.1) is 23.7 Å². The second-order valence-electron chi connectivity index (χ2n) is 3.10. The van der Waals surface area contributed by atoms with E-state index in [2.05, 4.69) is 24.1 Å². The molecule has 0 saturated carbocycles. The van der Waals surface area contributed by atoms with Crippen molar-refractivity contribution in [3.8, 4) is 0 Å². The van der Waals surface area contributed by atoms with Crippen molar-refractivity contribution in [2.24, 2.45) is 5.92 Å². The van der Waals surface area contributed by atoms with Gasteiger partial charge in [0.05, 0.1) is 0 Å². The fraction of sp³-hybridized carbons (Fsp3) is 0.625. The first-order valence-electron chi connectivity index (χ1n) is 3.99. The topological polar surface area (TPSA) is 24.9 Å². The Hall–Kier alpha value is 0.170. The van der Waals surface area contributed by atoms with Crippen LogP contribution in [0.5, 0.6) is 0 Å². The predicted molar refractivity (Wildman–Crippen MR) is 60.9 cm³/mol. The average Bonchev–Trinajstić information content (AvgIpc) is 2.35. The van der Waals surface area contributed by atoms with Gasteiger partial charge in [0.2, 0.25) is 0 Å². The van der Waals surface area contributed by atoms with Crippen LogP contribution in [-0.4, -0.2) is 11.5 Å². The standard InChI is InChI=1S/C8H13ClN2S.ClH/c1-6(2)3-10-4-7-5-11-8(9)12-7;/h5-6,10H,3-4H2,1-2H3;1H. The minimum Gasteiger partial charge on any atom is -0.312 e. The van der Waals surface area contributed by atoms with Crippen LogP contribution in [0.1, 0.15) is 18.7 Å². The third kappa shape index (κ3) is 5.47. The molecular formula is C8H14Cl2N2S. The second kappa shape index (κ2) is 6.60. The number of thiazole rings is 1. The number of aromatic nitrogens is 1. The number of hydrogen-bond donors (Lipinski definition) is 1. The summed E-state index contributed by atoms with van der Waals surface area (Å²) in [4.78, 5) is 5.15. The van der Waals surface area contributed by atoms with Gasteiger partial charge in [0.25, 0.3) is 0 Å². The molecule has 0 fully saturated rings. The molecule has 13 heavy (non-hydrogen) atoms. The molecular weight excluding hydrogens is 227 g/mol. The van der Waals surface area contributed by atoms with Gasteiger partial charge in [0, 0.05) is 17.6 Å². The summed E-state index contributed by atoms with van der Waals surface area (Å²) >= 11 is 7.21. The highest BCUT2D eigenvalue weighted by Gasteiger charge is 1.98. The minimum absolute atomic E-state index is 0. The van der Waals surface area contributed by atoms with Crippen molar-refractivity contribution in [1.82, 2.24) is 10.3 Å². The maximum Gasteiger partial charge on any atom is 0.183 e. The van der Waals surface area contributed by atoms with Gasteiger partial charge >= 0.3 is 0 Å². The summed E-state index contributed by atoms with van der Waals surface area (Å²) in [6.07, 6.45) is 1.82. The first kappa shape index (κ1) is 13.2. The number of rotatable bonds is 4. The molecule has 1 aromatic rings. The van der Waals surface area contributed by atoms with Gasteiger partial charge in [0.15, 0.2) is 4.47 Å². The smallest absolute Gasteiger partial charge is 0.183 e. The second-order valence-corrected chi connectivity index (χ2v) is 4.80. The Kier molecular flexibility index (Phi) is 6.68. The van der Waals surface area contributed by atoms with Crippen molar-refractivity contribution in [3.63, 3.8) is 0 Å².